The number of piperidine rings is 1. The van der Waals surface area contributed by atoms with Crippen LogP contribution >= 0.6 is 11.3 Å². The molecule has 114 valence electrons. The molecule has 1 fully saturated rings. The summed E-state index contributed by atoms with van der Waals surface area (Å²) in [6, 6.07) is 0.604. The quantitative estimate of drug-likeness (QED) is 0.836. The summed E-state index contributed by atoms with van der Waals surface area (Å²) in [5, 5.41) is 4.92. The highest BCUT2D eigenvalue weighted by molar-refractivity contribution is 7.11. The molecular formula is C16H29N3S. The minimum atomic E-state index is 0.604. The van der Waals surface area contributed by atoms with Gasteiger partial charge in [0.25, 0.3) is 0 Å². The number of likely N-dealkylation sites (tertiary alicyclic amines) is 1. The van der Waals surface area contributed by atoms with Gasteiger partial charge in [0, 0.05) is 23.7 Å². The van der Waals surface area contributed by atoms with Gasteiger partial charge in [0.15, 0.2) is 0 Å². The Morgan fingerprint density at radius 1 is 1.40 bits per heavy atom. The predicted molar refractivity (Wildman–Crippen MR) is 87.2 cm³/mol. The van der Waals surface area contributed by atoms with Crippen molar-refractivity contribution in [2.24, 2.45) is 5.92 Å². The van der Waals surface area contributed by atoms with Gasteiger partial charge in [-0.2, -0.15) is 0 Å². The Balaban J connectivity index is 1.71. The van der Waals surface area contributed by atoms with Gasteiger partial charge in [0.2, 0.25) is 0 Å². The number of nitrogens with zero attached hydrogens (tertiary/aromatic N) is 2. The molecule has 0 amide bonds. The normalized spacial score (nSPS) is 19.4. The Morgan fingerprint density at radius 3 is 2.75 bits per heavy atom. The van der Waals surface area contributed by atoms with Gasteiger partial charge in [-0.25, -0.2) is 4.98 Å². The molecule has 3 nitrogen and oxygen atoms in total. The molecule has 1 unspecified atom stereocenters. The topological polar surface area (TPSA) is 28.2 Å². The van der Waals surface area contributed by atoms with Gasteiger partial charge in [-0.3, -0.25) is 0 Å². The molecule has 1 aromatic rings. The second-order valence-corrected chi connectivity index (χ2v) is 7.12. The lowest BCUT2D eigenvalue weighted by Gasteiger charge is -2.35. The zero-order valence-corrected chi connectivity index (χ0v) is 14.0. The summed E-state index contributed by atoms with van der Waals surface area (Å²) in [5.74, 6) is 0.828. The highest BCUT2D eigenvalue weighted by atomic mass is 32.1. The lowest BCUT2D eigenvalue weighted by molar-refractivity contribution is 0.162. The van der Waals surface area contributed by atoms with E-state index >= 15 is 0 Å². The number of aryl methyl sites for hydroxylation is 1. The number of nitrogens with one attached hydrogen (secondary N) is 1. The summed E-state index contributed by atoms with van der Waals surface area (Å²) in [4.78, 5) is 8.49. The van der Waals surface area contributed by atoms with Crippen LogP contribution in [0.25, 0.3) is 0 Å². The summed E-state index contributed by atoms with van der Waals surface area (Å²) < 4.78 is 0. The zero-order valence-electron chi connectivity index (χ0n) is 13.2. The molecule has 0 radical (unpaired) electrons. The smallest absolute Gasteiger partial charge is 0.107 e. The highest BCUT2D eigenvalue weighted by Crippen LogP contribution is 2.21. The first kappa shape index (κ1) is 15.9. The molecule has 0 spiro atoms. The van der Waals surface area contributed by atoms with Gasteiger partial charge in [-0.1, -0.05) is 13.8 Å². The molecule has 0 aromatic carbocycles. The molecule has 1 aliphatic heterocycles. The van der Waals surface area contributed by atoms with Crippen molar-refractivity contribution in [3.63, 3.8) is 0 Å². The maximum absolute atomic E-state index is 4.49. The largest absolute Gasteiger partial charge is 0.308 e. The van der Waals surface area contributed by atoms with Crippen LogP contribution < -0.4 is 5.32 Å². The molecular weight excluding hydrogens is 266 g/mol. The van der Waals surface area contributed by atoms with E-state index in [1.165, 1.54) is 48.8 Å². The number of hydrogen-bond acceptors (Lipinski definition) is 4. The minimum absolute atomic E-state index is 0.604. The molecule has 2 rings (SSSR count). The van der Waals surface area contributed by atoms with E-state index in [9.17, 15) is 0 Å². The third kappa shape index (κ3) is 4.54. The predicted octanol–water partition coefficient (Wildman–Crippen LogP) is 3.31. The fourth-order valence-corrected chi connectivity index (χ4v) is 3.81. The van der Waals surface area contributed by atoms with E-state index in [0.717, 1.165) is 18.9 Å². The fourth-order valence-electron chi connectivity index (χ4n) is 3.00. The van der Waals surface area contributed by atoms with E-state index < -0.39 is 0 Å². The van der Waals surface area contributed by atoms with Crippen molar-refractivity contribution < 1.29 is 0 Å². The summed E-state index contributed by atoms with van der Waals surface area (Å²) in [5.41, 5.74) is 0. The number of thiazole rings is 1. The van der Waals surface area contributed by atoms with Crippen LogP contribution in [0.3, 0.4) is 0 Å². The van der Waals surface area contributed by atoms with Crippen molar-refractivity contribution in [2.45, 2.75) is 59.0 Å². The Labute approximate surface area is 127 Å². The summed E-state index contributed by atoms with van der Waals surface area (Å²) in [6.45, 7) is 11.6. The molecule has 2 heterocycles. The van der Waals surface area contributed by atoms with Gasteiger partial charge in [0.05, 0.1) is 0 Å². The Kier molecular flexibility index (Phi) is 6.46. The van der Waals surface area contributed by atoms with Crippen molar-refractivity contribution in [3.8, 4) is 0 Å². The molecule has 1 saturated heterocycles. The second kappa shape index (κ2) is 8.11. The van der Waals surface area contributed by atoms with Crippen molar-refractivity contribution in [3.05, 3.63) is 16.1 Å². The lowest BCUT2D eigenvalue weighted by atomic mass is 9.90. The summed E-state index contributed by atoms with van der Waals surface area (Å²) in [7, 11) is 0. The van der Waals surface area contributed by atoms with E-state index in [1.807, 2.05) is 17.5 Å². The number of rotatable bonds is 7. The fraction of sp³-hybridized carbons (Fsp3) is 0.812. The molecule has 1 aliphatic rings. The van der Waals surface area contributed by atoms with Crippen LogP contribution in [0.15, 0.2) is 6.20 Å². The zero-order chi connectivity index (χ0) is 14.4. The SMILES string of the molecule is CCCN1CCC(C(C)NCc2ncc(CC)s2)CC1. The first-order valence-corrected chi connectivity index (χ1v) is 8.93. The second-order valence-electron chi connectivity index (χ2n) is 5.92. The van der Waals surface area contributed by atoms with E-state index in [-0.39, 0.29) is 0 Å². The molecule has 1 atom stereocenters. The molecule has 0 aliphatic carbocycles. The van der Waals surface area contributed by atoms with Crippen molar-refractivity contribution in [1.82, 2.24) is 15.2 Å². The Hall–Kier alpha value is -0.450. The molecule has 1 N–H and O–H groups in total. The van der Waals surface area contributed by atoms with Crippen molar-refractivity contribution in [2.75, 3.05) is 19.6 Å². The Bertz CT molecular complexity index is 383. The summed E-state index contributed by atoms with van der Waals surface area (Å²) in [6.07, 6.45) is 7.08. The molecule has 0 saturated carbocycles. The van der Waals surface area contributed by atoms with Gasteiger partial charge in [-0.05, 0) is 58.2 Å². The number of hydrogen-bond donors (Lipinski definition) is 1. The van der Waals surface area contributed by atoms with E-state index in [0.29, 0.717) is 6.04 Å². The maximum Gasteiger partial charge on any atom is 0.107 e. The van der Waals surface area contributed by atoms with Gasteiger partial charge in [0.1, 0.15) is 5.01 Å². The maximum atomic E-state index is 4.49. The van der Waals surface area contributed by atoms with Crippen molar-refractivity contribution >= 4 is 11.3 Å². The molecule has 4 heteroatoms. The summed E-state index contributed by atoms with van der Waals surface area (Å²) >= 11 is 1.85. The molecule has 0 bridgehead atoms. The van der Waals surface area contributed by atoms with Gasteiger partial charge >= 0.3 is 0 Å². The molecule has 1 aromatic heterocycles. The van der Waals surface area contributed by atoms with Crippen LogP contribution in [0.4, 0.5) is 0 Å². The van der Waals surface area contributed by atoms with Crippen molar-refractivity contribution in [1.29, 1.82) is 0 Å². The Morgan fingerprint density at radius 2 is 2.15 bits per heavy atom. The van der Waals surface area contributed by atoms with Gasteiger partial charge in [-0.15, -0.1) is 11.3 Å². The van der Waals surface area contributed by atoms with Gasteiger partial charge < -0.3 is 10.2 Å². The monoisotopic (exact) mass is 295 g/mol. The van der Waals surface area contributed by atoms with E-state index in [2.05, 4.69) is 36.0 Å². The van der Waals surface area contributed by atoms with E-state index in [1.54, 1.807) is 0 Å². The molecule has 20 heavy (non-hydrogen) atoms. The average molecular weight is 295 g/mol. The average Bonchev–Trinajstić information content (AvgIpc) is 2.94. The van der Waals surface area contributed by atoms with Crippen LogP contribution in [0.2, 0.25) is 0 Å². The number of aromatic nitrogens is 1. The van der Waals surface area contributed by atoms with Crippen LogP contribution in [0.1, 0.15) is 49.9 Å². The highest BCUT2D eigenvalue weighted by Gasteiger charge is 2.23. The lowest BCUT2D eigenvalue weighted by Crippen LogP contribution is -2.41. The standard InChI is InChI=1S/C16H29N3S/c1-4-8-19-9-6-14(7-10-19)13(3)17-12-16-18-11-15(5-2)20-16/h11,13-14,17H,4-10,12H2,1-3H3. The van der Waals surface area contributed by atoms with Crippen LogP contribution in [0, 0.1) is 5.92 Å². The first-order chi connectivity index (χ1) is 9.72. The van der Waals surface area contributed by atoms with Crippen LogP contribution in [-0.2, 0) is 13.0 Å². The van der Waals surface area contributed by atoms with E-state index in [4.69, 9.17) is 0 Å². The van der Waals surface area contributed by atoms with Crippen LogP contribution in [0.5, 0.6) is 0 Å². The third-order valence-electron chi connectivity index (χ3n) is 4.40. The van der Waals surface area contributed by atoms with Crippen LogP contribution in [-0.4, -0.2) is 35.6 Å². The third-order valence-corrected chi connectivity index (χ3v) is 5.55. The first-order valence-electron chi connectivity index (χ1n) is 8.12. The minimum Gasteiger partial charge on any atom is -0.308 e.